The first-order valence-electron chi connectivity index (χ1n) is 7.48. The van der Waals surface area contributed by atoms with Crippen LogP contribution < -0.4 is 10.6 Å². The zero-order valence-corrected chi connectivity index (χ0v) is 13.5. The Morgan fingerprint density at radius 2 is 2.05 bits per heavy atom. The van der Waals surface area contributed by atoms with Crippen molar-refractivity contribution in [3.63, 3.8) is 0 Å². The predicted molar refractivity (Wildman–Crippen MR) is 85.5 cm³/mol. The van der Waals surface area contributed by atoms with Crippen molar-refractivity contribution < 1.29 is 4.79 Å². The van der Waals surface area contributed by atoms with Crippen LogP contribution in [0.2, 0.25) is 0 Å². The molecule has 21 heavy (non-hydrogen) atoms. The number of hydrogen-bond donors (Lipinski definition) is 2. The van der Waals surface area contributed by atoms with Crippen LogP contribution in [-0.2, 0) is 0 Å². The number of amides is 1. The molecule has 0 radical (unpaired) electrons. The molecule has 0 saturated carbocycles. The summed E-state index contributed by atoms with van der Waals surface area (Å²) in [5, 5.41) is 6.09. The fourth-order valence-corrected chi connectivity index (χ4v) is 1.75. The smallest absolute Gasteiger partial charge is 0.270 e. The van der Waals surface area contributed by atoms with Gasteiger partial charge in [-0.1, -0.05) is 13.8 Å². The standard InChI is InChI=1S/C15H27N5O/c1-12(2)6-8-16-14-10-13(18-11-19-14)15(21)17-7-5-9-20(3)4/h10-12H,5-9H2,1-4H3,(H,17,21)(H,16,18,19). The summed E-state index contributed by atoms with van der Waals surface area (Å²) in [6, 6.07) is 1.70. The van der Waals surface area contributed by atoms with E-state index in [4.69, 9.17) is 0 Å². The SMILES string of the molecule is CC(C)CCNc1cc(C(=O)NCCCN(C)C)ncn1. The van der Waals surface area contributed by atoms with Gasteiger partial charge in [0.05, 0.1) is 0 Å². The van der Waals surface area contributed by atoms with Crippen molar-refractivity contribution in [1.29, 1.82) is 0 Å². The van der Waals surface area contributed by atoms with Crippen molar-refractivity contribution in [2.75, 3.05) is 39.0 Å². The van der Waals surface area contributed by atoms with Crippen molar-refractivity contribution in [2.24, 2.45) is 5.92 Å². The number of hydrogen-bond acceptors (Lipinski definition) is 5. The molecule has 0 fully saturated rings. The lowest BCUT2D eigenvalue weighted by molar-refractivity contribution is 0.0947. The van der Waals surface area contributed by atoms with Crippen molar-refractivity contribution >= 4 is 11.7 Å². The molecule has 1 amide bonds. The van der Waals surface area contributed by atoms with Gasteiger partial charge in [0.25, 0.3) is 5.91 Å². The summed E-state index contributed by atoms with van der Waals surface area (Å²) < 4.78 is 0. The minimum atomic E-state index is -0.150. The lowest BCUT2D eigenvalue weighted by atomic mass is 10.1. The van der Waals surface area contributed by atoms with Crippen LogP contribution >= 0.6 is 0 Å². The van der Waals surface area contributed by atoms with Crippen LogP contribution in [0.1, 0.15) is 37.2 Å². The zero-order valence-electron chi connectivity index (χ0n) is 13.5. The third-order valence-corrected chi connectivity index (χ3v) is 3.00. The number of anilines is 1. The van der Waals surface area contributed by atoms with E-state index in [-0.39, 0.29) is 5.91 Å². The lowest BCUT2D eigenvalue weighted by Gasteiger charge is -2.10. The molecule has 0 aromatic carbocycles. The van der Waals surface area contributed by atoms with Gasteiger partial charge in [-0.15, -0.1) is 0 Å². The topological polar surface area (TPSA) is 70.2 Å². The minimum Gasteiger partial charge on any atom is -0.370 e. The zero-order chi connectivity index (χ0) is 15.7. The van der Waals surface area contributed by atoms with E-state index in [1.54, 1.807) is 6.07 Å². The third kappa shape index (κ3) is 7.60. The van der Waals surface area contributed by atoms with E-state index in [2.05, 4.69) is 39.3 Å². The lowest BCUT2D eigenvalue weighted by Crippen LogP contribution is -2.28. The molecule has 0 saturated heterocycles. The van der Waals surface area contributed by atoms with Gasteiger partial charge in [-0.3, -0.25) is 4.79 Å². The van der Waals surface area contributed by atoms with Gasteiger partial charge in [0, 0.05) is 19.2 Å². The summed E-state index contributed by atoms with van der Waals surface area (Å²) >= 11 is 0. The third-order valence-electron chi connectivity index (χ3n) is 3.00. The summed E-state index contributed by atoms with van der Waals surface area (Å²) in [5.74, 6) is 1.19. The Morgan fingerprint density at radius 1 is 1.29 bits per heavy atom. The summed E-state index contributed by atoms with van der Waals surface area (Å²) in [4.78, 5) is 22.2. The normalized spacial score (nSPS) is 11.0. The Labute approximate surface area is 127 Å². The summed E-state index contributed by atoms with van der Waals surface area (Å²) in [5.41, 5.74) is 0.405. The van der Waals surface area contributed by atoms with E-state index < -0.39 is 0 Å². The molecule has 0 aliphatic rings. The van der Waals surface area contributed by atoms with Gasteiger partial charge in [0.1, 0.15) is 17.8 Å². The minimum absolute atomic E-state index is 0.150. The molecule has 1 heterocycles. The van der Waals surface area contributed by atoms with Gasteiger partial charge in [-0.2, -0.15) is 0 Å². The molecular weight excluding hydrogens is 266 g/mol. The molecule has 0 aliphatic heterocycles. The number of carbonyl (C=O) groups is 1. The molecular formula is C15H27N5O. The Bertz CT molecular complexity index is 434. The van der Waals surface area contributed by atoms with Crippen LogP contribution in [0.4, 0.5) is 5.82 Å². The Balaban J connectivity index is 2.41. The molecule has 118 valence electrons. The van der Waals surface area contributed by atoms with Crippen LogP contribution in [0.25, 0.3) is 0 Å². The van der Waals surface area contributed by atoms with E-state index >= 15 is 0 Å². The predicted octanol–water partition coefficient (Wildman–Crippen LogP) is 1.62. The van der Waals surface area contributed by atoms with Gasteiger partial charge in [-0.05, 0) is 39.4 Å². The largest absolute Gasteiger partial charge is 0.370 e. The number of rotatable bonds is 9. The summed E-state index contributed by atoms with van der Waals surface area (Å²) in [6.07, 6.45) is 3.41. The highest BCUT2D eigenvalue weighted by atomic mass is 16.1. The van der Waals surface area contributed by atoms with Crippen LogP contribution in [0.15, 0.2) is 12.4 Å². The first kappa shape index (κ1) is 17.4. The molecule has 0 aliphatic carbocycles. The van der Waals surface area contributed by atoms with E-state index in [9.17, 15) is 4.79 Å². The highest BCUT2D eigenvalue weighted by Crippen LogP contribution is 2.06. The highest BCUT2D eigenvalue weighted by molar-refractivity contribution is 5.92. The maximum atomic E-state index is 12.0. The molecule has 0 spiro atoms. The van der Waals surface area contributed by atoms with E-state index in [0.717, 1.165) is 25.9 Å². The van der Waals surface area contributed by atoms with Crippen LogP contribution in [0, 0.1) is 5.92 Å². The second-order valence-electron chi connectivity index (χ2n) is 5.81. The Kier molecular flexibility index (Phi) is 7.68. The maximum Gasteiger partial charge on any atom is 0.270 e. The van der Waals surface area contributed by atoms with Gasteiger partial charge >= 0.3 is 0 Å². The first-order chi connectivity index (χ1) is 9.99. The number of nitrogens with zero attached hydrogens (tertiary/aromatic N) is 3. The molecule has 1 aromatic heterocycles. The van der Waals surface area contributed by atoms with Gasteiger partial charge in [-0.25, -0.2) is 9.97 Å². The quantitative estimate of drug-likeness (QED) is 0.677. The second kappa shape index (κ2) is 9.28. The number of carbonyl (C=O) groups excluding carboxylic acids is 1. The fourth-order valence-electron chi connectivity index (χ4n) is 1.75. The van der Waals surface area contributed by atoms with E-state index in [1.807, 2.05) is 14.1 Å². The average molecular weight is 293 g/mol. The summed E-state index contributed by atoms with van der Waals surface area (Å²) in [6.45, 7) is 6.80. The Morgan fingerprint density at radius 3 is 2.71 bits per heavy atom. The van der Waals surface area contributed by atoms with Gasteiger partial charge in [0.2, 0.25) is 0 Å². The van der Waals surface area contributed by atoms with Gasteiger partial charge in [0.15, 0.2) is 0 Å². The van der Waals surface area contributed by atoms with Crippen LogP contribution in [0.3, 0.4) is 0 Å². The molecule has 6 nitrogen and oxygen atoms in total. The highest BCUT2D eigenvalue weighted by Gasteiger charge is 2.08. The summed E-state index contributed by atoms with van der Waals surface area (Å²) in [7, 11) is 4.03. The maximum absolute atomic E-state index is 12.0. The molecule has 6 heteroatoms. The number of nitrogens with one attached hydrogen (secondary N) is 2. The van der Waals surface area contributed by atoms with Gasteiger partial charge < -0.3 is 15.5 Å². The van der Waals surface area contributed by atoms with Crippen molar-refractivity contribution in [2.45, 2.75) is 26.7 Å². The van der Waals surface area contributed by atoms with Crippen molar-refractivity contribution in [3.05, 3.63) is 18.1 Å². The van der Waals surface area contributed by atoms with E-state index in [0.29, 0.717) is 24.0 Å². The molecule has 1 aromatic rings. The molecule has 0 bridgehead atoms. The average Bonchev–Trinajstić information content (AvgIpc) is 2.43. The fraction of sp³-hybridized carbons (Fsp3) is 0.667. The molecule has 0 atom stereocenters. The Hall–Kier alpha value is -1.69. The van der Waals surface area contributed by atoms with Crippen LogP contribution in [-0.4, -0.2) is 54.5 Å². The van der Waals surface area contributed by atoms with E-state index in [1.165, 1.54) is 6.33 Å². The molecule has 2 N–H and O–H groups in total. The van der Waals surface area contributed by atoms with Crippen molar-refractivity contribution in [3.8, 4) is 0 Å². The monoisotopic (exact) mass is 293 g/mol. The molecule has 0 unspecified atom stereocenters. The van der Waals surface area contributed by atoms with Crippen LogP contribution in [0.5, 0.6) is 0 Å². The number of aromatic nitrogens is 2. The van der Waals surface area contributed by atoms with Crippen molar-refractivity contribution in [1.82, 2.24) is 20.2 Å². The first-order valence-corrected chi connectivity index (χ1v) is 7.48. The second-order valence-corrected chi connectivity index (χ2v) is 5.81. The molecule has 1 rings (SSSR count).